The third kappa shape index (κ3) is 2.39. The molecule has 2 rings (SSSR count). The van der Waals surface area contributed by atoms with Crippen LogP contribution in [0.4, 0.5) is 0 Å². The molecule has 1 aromatic carbocycles. The predicted molar refractivity (Wildman–Crippen MR) is 58.6 cm³/mol. The van der Waals surface area contributed by atoms with E-state index < -0.39 is 0 Å². The summed E-state index contributed by atoms with van der Waals surface area (Å²) in [4.78, 5) is 5.53. The molecule has 0 aromatic heterocycles. The molecule has 0 bridgehead atoms. The summed E-state index contributed by atoms with van der Waals surface area (Å²) in [5.74, 6) is 0.621. The fourth-order valence-corrected chi connectivity index (χ4v) is 1.90. The van der Waals surface area contributed by atoms with Crippen LogP contribution in [0.5, 0.6) is 5.75 Å². The van der Waals surface area contributed by atoms with Gasteiger partial charge in [0.15, 0.2) is 0 Å². The number of nitrogens with zero attached hydrogens (tertiary/aromatic N) is 1. The van der Waals surface area contributed by atoms with Crippen LogP contribution in [0.25, 0.3) is 0 Å². The summed E-state index contributed by atoms with van der Waals surface area (Å²) in [6.45, 7) is 3.96. The molecule has 0 atom stereocenters. The third-order valence-corrected chi connectivity index (χ3v) is 2.75. The summed E-state index contributed by atoms with van der Waals surface area (Å²) >= 11 is 3.40. The molecular weight excluding hydrogens is 253 g/mol. The van der Waals surface area contributed by atoms with Crippen molar-refractivity contribution in [2.75, 3.05) is 0 Å². The van der Waals surface area contributed by atoms with Crippen LogP contribution in [-0.2, 0) is 5.41 Å². The average molecular weight is 264 g/mol. The van der Waals surface area contributed by atoms with Crippen molar-refractivity contribution in [3.8, 4) is 5.75 Å². The number of benzene rings is 1. The fourth-order valence-electron chi connectivity index (χ4n) is 1.54. The van der Waals surface area contributed by atoms with Gasteiger partial charge in [-0.2, -0.15) is 0 Å². The van der Waals surface area contributed by atoms with Gasteiger partial charge in [0.2, 0.25) is 6.21 Å². The molecule has 3 nitrogen and oxygen atoms in total. The molecule has 0 aliphatic carbocycles. The van der Waals surface area contributed by atoms with Gasteiger partial charge in [-0.15, -0.1) is 0 Å². The maximum atomic E-state index is 11.2. The monoisotopic (exact) mass is 263 g/mol. The number of fused-ring (bicyclic) bond motifs is 1. The van der Waals surface area contributed by atoms with Gasteiger partial charge in [0, 0.05) is 9.37 Å². The number of rotatable bonds is 0. The molecule has 0 amide bonds. The zero-order valence-electron chi connectivity index (χ0n) is 9.95. The zero-order valence-corrected chi connectivity index (χ0v) is 10.5. The van der Waals surface area contributed by atoms with Crippen molar-refractivity contribution in [3.05, 3.63) is 33.4 Å². The standard InChI is InChI=1S/C10H10BrNO2.Li.H/c1-10(2)6-12(13)14-9-4-3-7(11)5-8(9)10;;/h3-6H,1-2H3;;/q;+1;-1. The van der Waals surface area contributed by atoms with Crippen LogP contribution in [0, 0.1) is 5.21 Å². The third-order valence-electron chi connectivity index (χ3n) is 2.25. The smallest absolute Gasteiger partial charge is 1.00 e. The van der Waals surface area contributed by atoms with Crippen molar-refractivity contribution < 1.29 is 30.0 Å². The van der Waals surface area contributed by atoms with Crippen LogP contribution < -0.4 is 23.7 Å². The van der Waals surface area contributed by atoms with E-state index in [1.807, 2.05) is 26.0 Å². The molecule has 1 heterocycles. The number of hydrogen-bond donors (Lipinski definition) is 0. The molecule has 1 aromatic rings. The van der Waals surface area contributed by atoms with Crippen LogP contribution in [0.1, 0.15) is 20.8 Å². The van der Waals surface area contributed by atoms with E-state index in [0.29, 0.717) is 10.7 Å². The Morgan fingerprint density at radius 2 is 2.13 bits per heavy atom. The van der Waals surface area contributed by atoms with Crippen molar-refractivity contribution in [3.63, 3.8) is 0 Å². The van der Waals surface area contributed by atoms with E-state index in [-0.39, 0.29) is 25.7 Å². The first-order valence-corrected chi connectivity index (χ1v) is 5.09. The molecule has 0 unspecified atom stereocenters. The second kappa shape index (κ2) is 4.21. The predicted octanol–water partition coefficient (Wildman–Crippen LogP) is -0.268. The Labute approximate surface area is 110 Å². The van der Waals surface area contributed by atoms with Crippen molar-refractivity contribution in [2.24, 2.45) is 0 Å². The number of hydrogen-bond acceptors (Lipinski definition) is 2. The summed E-state index contributed by atoms with van der Waals surface area (Å²) in [5, 5.41) is 11.2. The van der Waals surface area contributed by atoms with Gasteiger partial charge in [0.1, 0.15) is 0 Å². The molecule has 0 N–H and O–H groups in total. The minimum atomic E-state index is -0.293. The molecular formula is C10H11BrLiNO2. The molecule has 1 aliphatic rings. The first-order valence-electron chi connectivity index (χ1n) is 4.29. The first kappa shape index (κ1) is 12.6. The van der Waals surface area contributed by atoms with E-state index in [4.69, 9.17) is 4.84 Å². The van der Waals surface area contributed by atoms with Gasteiger partial charge in [-0.1, -0.05) is 15.9 Å². The van der Waals surface area contributed by atoms with Crippen molar-refractivity contribution >= 4 is 22.1 Å². The minimum absolute atomic E-state index is 0. The van der Waals surface area contributed by atoms with Gasteiger partial charge in [0.05, 0.1) is 11.2 Å². The van der Waals surface area contributed by atoms with Gasteiger partial charge >= 0.3 is 18.9 Å². The van der Waals surface area contributed by atoms with Gasteiger partial charge in [0.25, 0.3) is 0 Å². The second-order valence-corrected chi connectivity index (χ2v) is 4.78. The Morgan fingerprint density at radius 1 is 1.47 bits per heavy atom. The van der Waals surface area contributed by atoms with Crippen LogP contribution in [0.15, 0.2) is 22.7 Å². The SMILES string of the molecule is CC1(C)C=[N+]([O-])Oc2ccc(Br)cc21.[H-].[Li+]. The van der Waals surface area contributed by atoms with E-state index >= 15 is 0 Å². The minimum Gasteiger partial charge on any atom is -1.00 e. The van der Waals surface area contributed by atoms with E-state index in [1.54, 1.807) is 6.07 Å². The molecule has 0 saturated heterocycles. The maximum Gasteiger partial charge on any atom is 1.00 e. The van der Waals surface area contributed by atoms with Crippen LogP contribution in [0.2, 0.25) is 0 Å². The van der Waals surface area contributed by atoms with Crippen molar-refractivity contribution in [2.45, 2.75) is 19.3 Å². The Balaban J connectivity index is 0.00000112. The van der Waals surface area contributed by atoms with Crippen molar-refractivity contribution in [1.82, 2.24) is 0 Å². The van der Waals surface area contributed by atoms with Crippen LogP contribution in [-0.4, -0.2) is 11.1 Å². The number of halogens is 1. The van der Waals surface area contributed by atoms with Crippen LogP contribution in [0.3, 0.4) is 0 Å². The maximum absolute atomic E-state index is 11.2. The normalized spacial score (nSPS) is 16.9. The summed E-state index contributed by atoms with van der Waals surface area (Å²) in [6, 6.07) is 5.62. The molecule has 15 heavy (non-hydrogen) atoms. The first-order chi connectivity index (χ1) is 6.49. The molecule has 5 heteroatoms. The van der Waals surface area contributed by atoms with Crippen LogP contribution >= 0.6 is 15.9 Å². The molecule has 0 fully saturated rings. The molecule has 0 radical (unpaired) electrons. The summed E-state index contributed by atoms with van der Waals surface area (Å²) in [5.41, 5.74) is 0.720. The molecule has 0 saturated carbocycles. The average Bonchev–Trinajstić information content (AvgIpc) is 2.05. The van der Waals surface area contributed by atoms with Gasteiger partial charge < -0.3 is 6.26 Å². The van der Waals surface area contributed by atoms with Gasteiger partial charge in [-0.05, 0) is 37.6 Å². The van der Waals surface area contributed by atoms with E-state index in [0.717, 1.165) is 10.0 Å². The Morgan fingerprint density at radius 3 is 2.80 bits per heavy atom. The largest absolute Gasteiger partial charge is 1.00 e. The van der Waals surface area contributed by atoms with E-state index in [9.17, 15) is 5.21 Å². The van der Waals surface area contributed by atoms with E-state index in [2.05, 4.69) is 15.9 Å². The topological polar surface area (TPSA) is 35.3 Å². The fraction of sp³-hybridized carbons (Fsp3) is 0.300. The summed E-state index contributed by atoms with van der Waals surface area (Å²) in [7, 11) is 0. The summed E-state index contributed by atoms with van der Waals surface area (Å²) < 4.78 is 0.987. The van der Waals surface area contributed by atoms with Crippen molar-refractivity contribution in [1.29, 1.82) is 0 Å². The molecule has 76 valence electrons. The molecule has 1 aliphatic heterocycles. The quantitative estimate of drug-likeness (QED) is 0.477. The zero-order chi connectivity index (χ0) is 10.3. The summed E-state index contributed by atoms with van der Waals surface area (Å²) in [6.07, 6.45) is 1.52. The van der Waals surface area contributed by atoms with E-state index in [1.165, 1.54) is 6.21 Å². The van der Waals surface area contributed by atoms with Gasteiger partial charge in [-0.25, -0.2) is 0 Å². The molecule has 0 spiro atoms. The Kier molecular flexibility index (Phi) is 3.54. The second-order valence-electron chi connectivity index (χ2n) is 3.87. The Hall–Kier alpha value is -0.433. The van der Waals surface area contributed by atoms with Gasteiger partial charge in [-0.3, -0.25) is 5.21 Å². The Bertz CT molecular complexity index is 423.